The number of alkyl halides is 3. The van der Waals surface area contributed by atoms with E-state index in [2.05, 4.69) is 5.10 Å². The van der Waals surface area contributed by atoms with Gasteiger partial charge in [0.2, 0.25) is 5.43 Å². The van der Waals surface area contributed by atoms with Gasteiger partial charge in [-0.3, -0.25) is 18.8 Å². The van der Waals surface area contributed by atoms with Crippen LogP contribution < -0.4 is 10.3 Å². The van der Waals surface area contributed by atoms with Crippen molar-refractivity contribution in [1.29, 1.82) is 0 Å². The molecule has 28 heavy (non-hydrogen) atoms. The molecule has 0 saturated carbocycles. The van der Waals surface area contributed by atoms with E-state index < -0.39 is 33.7 Å². The molecule has 2 aromatic heterocycles. The molecule has 0 aliphatic heterocycles. The number of hydrogen-bond donors (Lipinski definition) is 0. The fourth-order valence-electron chi connectivity index (χ4n) is 2.59. The largest absolute Gasteiger partial charge is 0.433 e. The Hall–Kier alpha value is -2.17. The Morgan fingerprint density at radius 1 is 1.25 bits per heavy atom. The van der Waals surface area contributed by atoms with E-state index in [1.165, 1.54) is 16.7 Å². The molecule has 0 fully saturated rings. The highest BCUT2D eigenvalue weighted by atomic mass is 35.5. The van der Waals surface area contributed by atoms with Crippen LogP contribution in [-0.2, 0) is 19.8 Å². The predicted molar refractivity (Wildman–Crippen MR) is 99.3 cm³/mol. The molecule has 0 amide bonds. The maximum atomic E-state index is 14.5. The van der Waals surface area contributed by atoms with Crippen LogP contribution in [0, 0.1) is 5.82 Å². The van der Waals surface area contributed by atoms with Gasteiger partial charge in [0.1, 0.15) is 21.7 Å². The molecular weight excluding hydrogens is 445 g/mol. The standard InChI is InChI=1S/C16H9Cl2F4N3O2S/c1-24-12(16(20,21)22)6-10(26)14(23-24)7-4-9-11(5-8(7)19)28-15(27)25(9)3-2-13(17)18/h2,4-6H,3H2,1H3. The lowest BCUT2D eigenvalue weighted by Gasteiger charge is -2.12. The maximum absolute atomic E-state index is 14.5. The lowest BCUT2D eigenvalue weighted by molar-refractivity contribution is -0.144. The quantitative estimate of drug-likeness (QED) is 0.555. The van der Waals surface area contributed by atoms with Gasteiger partial charge in [-0.2, -0.15) is 18.3 Å². The highest BCUT2D eigenvalue weighted by Crippen LogP contribution is 2.30. The van der Waals surface area contributed by atoms with Gasteiger partial charge in [0, 0.05) is 25.2 Å². The number of rotatable bonds is 3. The minimum atomic E-state index is -4.79. The van der Waals surface area contributed by atoms with Crippen molar-refractivity contribution in [3.05, 3.63) is 60.2 Å². The summed E-state index contributed by atoms with van der Waals surface area (Å²) in [6.07, 6.45) is -3.45. The van der Waals surface area contributed by atoms with Gasteiger partial charge in [0.15, 0.2) is 0 Å². The zero-order valence-corrected chi connectivity index (χ0v) is 16.2. The van der Waals surface area contributed by atoms with E-state index in [0.29, 0.717) is 10.7 Å². The first-order chi connectivity index (χ1) is 13.0. The molecule has 3 aromatic rings. The molecule has 148 valence electrons. The molecule has 5 nitrogen and oxygen atoms in total. The Kier molecular flexibility index (Phi) is 5.39. The zero-order valence-electron chi connectivity index (χ0n) is 13.9. The van der Waals surface area contributed by atoms with Gasteiger partial charge >= 0.3 is 11.0 Å². The highest BCUT2D eigenvalue weighted by molar-refractivity contribution is 7.16. The van der Waals surface area contributed by atoms with Gasteiger partial charge < -0.3 is 0 Å². The third-order valence-corrected chi connectivity index (χ3v) is 5.08. The van der Waals surface area contributed by atoms with Crippen molar-refractivity contribution < 1.29 is 17.6 Å². The number of benzene rings is 1. The molecule has 0 N–H and O–H groups in total. The number of hydrogen-bond acceptors (Lipinski definition) is 4. The summed E-state index contributed by atoms with van der Waals surface area (Å²) in [5, 5.41) is 3.59. The van der Waals surface area contributed by atoms with Gasteiger partial charge in [0.25, 0.3) is 0 Å². The predicted octanol–water partition coefficient (Wildman–Crippen LogP) is 4.30. The van der Waals surface area contributed by atoms with Crippen molar-refractivity contribution in [2.24, 2.45) is 7.05 Å². The molecule has 0 bridgehead atoms. The fourth-order valence-corrected chi connectivity index (χ4v) is 3.63. The van der Waals surface area contributed by atoms with Gasteiger partial charge in [-0.25, -0.2) is 4.39 Å². The van der Waals surface area contributed by atoms with E-state index >= 15 is 0 Å². The van der Waals surface area contributed by atoms with Crippen molar-refractivity contribution in [2.45, 2.75) is 12.7 Å². The third-order valence-electron chi connectivity index (χ3n) is 3.83. The van der Waals surface area contributed by atoms with Gasteiger partial charge in [-0.15, -0.1) is 0 Å². The summed E-state index contributed by atoms with van der Waals surface area (Å²) in [5.41, 5.74) is -2.94. The van der Waals surface area contributed by atoms with Crippen molar-refractivity contribution >= 4 is 44.8 Å². The molecule has 0 atom stereocenters. The smallest absolute Gasteiger partial charge is 0.295 e. The molecule has 0 aliphatic carbocycles. The minimum Gasteiger partial charge on any atom is -0.295 e. The molecule has 0 unspecified atom stereocenters. The zero-order chi connectivity index (χ0) is 20.8. The Morgan fingerprint density at radius 2 is 1.93 bits per heavy atom. The van der Waals surface area contributed by atoms with Crippen molar-refractivity contribution in [3.63, 3.8) is 0 Å². The Bertz CT molecular complexity index is 1220. The Morgan fingerprint density at radius 3 is 2.54 bits per heavy atom. The van der Waals surface area contributed by atoms with E-state index in [-0.39, 0.29) is 26.8 Å². The van der Waals surface area contributed by atoms with Gasteiger partial charge in [-0.05, 0) is 18.2 Å². The SMILES string of the molecule is Cn1nc(-c2cc3c(cc2F)sc(=O)n3CC=C(Cl)Cl)c(=O)cc1C(F)(F)F. The van der Waals surface area contributed by atoms with E-state index in [1.54, 1.807) is 0 Å². The number of allylic oxidation sites excluding steroid dienone is 1. The number of fused-ring (bicyclic) bond motifs is 1. The number of aromatic nitrogens is 3. The van der Waals surface area contributed by atoms with Crippen LogP contribution in [0.5, 0.6) is 0 Å². The maximum Gasteiger partial charge on any atom is 0.433 e. The molecule has 0 radical (unpaired) electrons. The average molecular weight is 454 g/mol. The summed E-state index contributed by atoms with van der Waals surface area (Å²) in [7, 11) is 0.996. The lowest BCUT2D eigenvalue weighted by Crippen LogP contribution is -2.22. The van der Waals surface area contributed by atoms with Crippen LogP contribution in [0.15, 0.2) is 38.4 Å². The molecule has 12 heteroatoms. The van der Waals surface area contributed by atoms with E-state index in [4.69, 9.17) is 23.2 Å². The van der Waals surface area contributed by atoms with Crippen LogP contribution in [0.2, 0.25) is 0 Å². The first-order valence-corrected chi connectivity index (χ1v) is 9.06. The highest BCUT2D eigenvalue weighted by Gasteiger charge is 2.34. The van der Waals surface area contributed by atoms with Gasteiger partial charge in [-0.1, -0.05) is 34.5 Å². The van der Waals surface area contributed by atoms with Crippen LogP contribution in [0.25, 0.3) is 21.5 Å². The molecule has 0 spiro atoms. The number of aryl methyl sites for hydroxylation is 1. The van der Waals surface area contributed by atoms with Crippen LogP contribution in [0.3, 0.4) is 0 Å². The first-order valence-electron chi connectivity index (χ1n) is 7.49. The summed E-state index contributed by atoms with van der Waals surface area (Å²) in [6.45, 7) is -0.00924. The van der Waals surface area contributed by atoms with Crippen LogP contribution in [0.1, 0.15) is 5.69 Å². The number of halogens is 6. The second-order valence-corrected chi connectivity index (χ2v) is 7.64. The van der Waals surface area contributed by atoms with Gasteiger partial charge in [0.05, 0.1) is 10.2 Å². The lowest BCUT2D eigenvalue weighted by atomic mass is 10.1. The van der Waals surface area contributed by atoms with E-state index in [1.807, 2.05) is 0 Å². The summed E-state index contributed by atoms with van der Waals surface area (Å²) in [6, 6.07) is 2.57. The van der Waals surface area contributed by atoms with Crippen LogP contribution >= 0.6 is 34.5 Å². The summed E-state index contributed by atoms with van der Waals surface area (Å²) >= 11 is 11.9. The Balaban J connectivity index is 2.24. The normalized spacial score (nSPS) is 11.8. The molecule has 2 heterocycles. The second-order valence-electron chi connectivity index (χ2n) is 5.64. The second kappa shape index (κ2) is 7.34. The number of thiazole rings is 1. The number of nitrogens with zero attached hydrogens (tertiary/aromatic N) is 3. The molecular formula is C16H9Cl2F4N3O2S. The summed E-state index contributed by atoms with van der Waals surface area (Å²) in [5.74, 6) is -0.892. The third kappa shape index (κ3) is 3.85. The molecule has 1 aromatic carbocycles. The van der Waals surface area contributed by atoms with Crippen molar-refractivity contribution in [2.75, 3.05) is 0 Å². The average Bonchev–Trinajstić information content (AvgIpc) is 2.87. The summed E-state index contributed by atoms with van der Waals surface area (Å²) in [4.78, 5) is 23.9. The first kappa shape index (κ1) is 20.6. The van der Waals surface area contributed by atoms with Crippen molar-refractivity contribution in [1.82, 2.24) is 14.3 Å². The minimum absolute atomic E-state index is 0.00924. The van der Waals surface area contributed by atoms with E-state index in [9.17, 15) is 27.2 Å². The van der Waals surface area contributed by atoms with Crippen LogP contribution in [-0.4, -0.2) is 14.3 Å². The Labute approximate surface area is 168 Å². The van der Waals surface area contributed by atoms with Crippen molar-refractivity contribution in [3.8, 4) is 11.3 Å². The van der Waals surface area contributed by atoms with E-state index in [0.717, 1.165) is 24.5 Å². The van der Waals surface area contributed by atoms with Crippen LogP contribution in [0.4, 0.5) is 17.6 Å². The fraction of sp³-hybridized carbons (Fsp3) is 0.188. The monoisotopic (exact) mass is 453 g/mol. The summed E-state index contributed by atoms with van der Waals surface area (Å²) < 4.78 is 55.2. The topological polar surface area (TPSA) is 56.9 Å². The molecule has 3 rings (SSSR count). The molecule has 0 saturated heterocycles. The molecule has 0 aliphatic rings.